The summed E-state index contributed by atoms with van der Waals surface area (Å²) in [6.07, 6.45) is -0.987. The van der Waals surface area contributed by atoms with Gasteiger partial charge >= 0.3 is 5.97 Å². The van der Waals surface area contributed by atoms with Gasteiger partial charge in [0.25, 0.3) is 0 Å². The molecule has 0 bridgehead atoms. The number of benzene rings is 1. The van der Waals surface area contributed by atoms with Gasteiger partial charge in [-0.2, -0.15) is 0 Å². The molecule has 2 fully saturated rings. The zero-order valence-corrected chi connectivity index (χ0v) is 26.8. The topological polar surface area (TPSA) is 304 Å². The highest BCUT2D eigenvalue weighted by Gasteiger charge is 2.45. The van der Waals surface area contributed by atoms with E-state index in [2.05, 4.69) is 21.3 Å². The van der Waals surface area contributed by atoms with Gasteiger partial charge in [-0.15, -0.1) is 0 Å². The summed E-state index contributed by atoms with van der Waals surface area (Å²) in [6, 6.07) is 0.300. The number of aliphatic hydroxyl groups excluding tert-OH is 1. The number of rotatable bonds is 15. The number of aliphatic carboxylic acids is 1. The number of nitrogens with zero attached hydrogens (tertiary/aromatic N) is 2. The highest BCUT2D eigenvalue weighted by atomic mass is 16.4. The van der Waals surface area contributed by atoms with Crippen LogP contribution in [0.5, 0.6) is 5.75 Å². The number of likely N-dealkylation sites (tertiary alicyclic amines) is 2. The van der Waals surface area contributed by atoms with E-state index in [0.29, 0.717) is 18.4 Å². The molecule has 0 aliphatic carbocycles. The molecule has 3 rings (SSSR count). The van der Waals surface area contributed by atoms with E-state index in [1.54, 1.807) is 12.1 Å². The third-order valence-electron chi connectivity index (χ3n) is 8.04. The molecule has 0 unspecified atom stereocenters. The Labute approximate surface area is 280 Å². The number of aliphatic hydroxyl groups is 1. The van der Waals surface area contributed by atoms with E-state index in [1.807, 2.05) is 0 Å². The molecule has 2 aliphatic rings. The maximum Gasteiger partial charge on any atom is 0.305 e. The number of carbonyl (C=O) groups is 8. The van der Waals surface area contributed by atoms with Gasteiger partial charge in [0.05, 0.1) is 31.7 Å². The number of primary amides is 1. The van der Waals surface area contributed by atoms with Crippen molar-refractivity contribution >= 4 is 47.3 Å². The molecule has 2 heterocycles. The molecule has 0 radical (unpaired) electrons. The van der Waals surface area contributed by atoms with Crippen LogP contribution < -0.4 is 32.7 Å². The lowest BCUT2D eigenvalue weighted by Crippen LogP contribution is -2.56. The van der Waals surface area contributed by atoms with Crippen LogP contribution in [0.2, 0.25) is 0 Å². The van der Waals surface area contributed by atoms with Crippen LogP contribution >= 0.6 is 0 Å². The van der Waals surface area contributed by atoms with Crippen molar-refractivity contribution in [1.29, 1.82) is 0 Å². The number of carboxylic acid groups (broad SMARTS) is 1. The Bertz CT molecular complexity index is 1440. The molecule has 0 saturated carbocycles. The van der Waals surface area contributed by atoms with Crippen LogP contribution in [0.1, 0.15) is 38.2 Å². The normalized spacial score (nSPS) is 20.4. The van der Waals surface area contributed by atoms with Gasteiger partial charge in [-0.3, -0.25) is 38.4 Å². The Morgan fingerprint density at radius 2 is 1.61 bits per heavy atom. The van der Waals surface area contributed by atoms with Crippen molar-refractivity contribution in [3.05, 3.63) is 29.8 Å². The van der Waals surface area contributed by atoms with Gasteiger partial charge in [-0.1, -0.05) is 12.1 Å². The molecule has 2 aliphatic heterocycles. The number of phenolic OH excluding ortho intramolecular Hbond substituents is 1. The van der Waals surface area contributed by atoms with Crippen molar-refractivity contribution in [1.82, 2.24) is 31.1 Å². The number of nitrogens with two attached hydrogens (primary N) is 2. The van der Waals surface area contributed by atoms with Gasteiger partial charge < -0.3 is 57.9 Å². The number of carbonyl (C=O) groups excluding carboxylic acids is 7. The summed E-state index contributed by atoms with van der Waals surface area (Å²) in [4.78, 5) is 102. The number of carboxylic acids is 1. The second kappa shape index (κ2) is 17.2. The lowest BCUT2D eigenvalue weighted by atomic mass is 10.0. The molecule has 6 atom stereocenters. The van der Waals surface area contributed by atoms with Crippen LogP contribution in [0.3, 0.4) is 0 Å². The molecular formula is C30H42N8O11. The van der Waals surface area contributed by atoms with Crippen LogP contribution in [0.25, 0.3) is 0 Å². The Morgan fingerprint density at radius 3 is 2.24 bits per heavy atom. The van der Waals surface area contributed by atoms with E-state index in [9.17, 15) is 48.6 Å². The minimum absolute atomic E-state index is 0.0636. The molecular weight excluding hydrogens is 648 g/mol. The summed E-state index contributed by atoms with van der Waals surface area (Å²) in [7, 11) is 0. The second-order valence-electron chi connectivity index (χ2n) is 11.9. The summed E-state index contributed by atoms with van der Waals surface area (Å²) >= 11 is 0. The Balaban J connectivity index is 1.55. The fraction of sp³-hybridized carbons (Fsp3) is 0.533. The average molecular weight is 691 g/mol. The van der Waals surface area contributed by atoms with Crippen LogP contribution in [-0.4, -0.2) is 135 Å². The first-order valence-corrected chi connectivity index (χ1v) is 15.5. The zero-order valence-electron chi connectivity index (χ0n) is 26.8. The van der Waals surface area contributed by atoms with Gasteiger partial charge in [0.1, 0.15) is 29.9 Å². The lowest BCUT2D eigenvalue weighted by Gasteiger charge is -2.32. The summed E-state index contributed by atoms with van der Waals surface area (Å²) in [5.74, 6) is -6.78. The van der Waals surface area contributed by atoms with E-state index in [4.69, 9.17) is 16.6 Å². The van der Waals surface area contributed by atoms with Crippen molar-refractivity contribution in [2.45, 2.75) is 75.3 Å². The quantitative estimate of drug-likeness (QED) is 0.0840. The highest BCUT2D eigenvalue weighted by Crippen LogP contribution is 2.26. The summed E-state index contributed by atoms with van der Waals surface area (Å²) in [5, 5.41) is 37.8. The Hall–Kier alpha value is -5.30. The zero-order chi connectivity index (χ0) is 36.4. The second-order valence-corrected chi connectivity index (χ2v) is 11.9. The molecule has 1 aromatic carbocycles. The smallest absolute Gasteiger partial charge is 0.305 e. The number of aromatic hydroxyl groups is 1. The monoisotopic (exact) mass is 690 g/mol. The van der Waals surface area contributed by atoms with Crippen LogP contribution in [0.4, 0.5) is 0 Å². The van der Waals surface area contributed by atoms with Gasteiger partial charge in [0, 0.05) is 19.5 Å². The molecule has 49 heavy (non-hydrogen) atoms. The van der Waals surface area contributed by atoms with Crippen LogP contribution in [0, 0.1) is 0 Å². The maximum atomic E-state index is 13.6. The van der Waals surface area contributed by atoms with E-state index in [0.717, 1.165) is 0 Å². The molecule has 11 N–H and O–H groups in total. The van der Waals surface area contributed by atoms with Crippen LogP contribution in [-0.2, 0) is 44.8 Å². The molecule has 1 aromatic rings. The van der Waals surface area contributed by atoms with Gasteiger partial charge in [-0.05, 0) is 43.9 Å². The highest BCUT2D eigenvalue weighted by molar-refractivity contribution is 5.97. The number of hydrogen-bond acceptors (Lipinski definition) is 11. The minimum atomic E-state index is -1.58. The SMILES string of the molecule is C[C@H](NC(=O)CNC(=O)[C@@H]1C[C@@H](O)CN1C(=O)[C@@H]1CCCN1C(=O)[C@@H](N)Cc1ccc(O)cc1)C(=O)N[C@@H](CC(=O)O)C(=O)NCC(N)=O. The number of amides is 7. The predicted octanol–water partition coefficient (Wildman–Crippen LogP) is -4.60. The number of hydrogen-bond donors (Lipinski definition) is 9. The van der Waals surface area contributed by atoms with Crippen molar-refractivity contribution < 1.29 is 53.7 Å². The first-order chi connectivity index (χ1) is 23.1. The molecule has 2 saturated heterocycles. The van der Waals surface area contributed by atoms with E-state index >= 15 is 0 Å². The summed E-state index contributed by atoms with van der Waals surface area (Å²) in [5.41, 5.74) is 11.8. The first kappa shape index (κ1) is 38.2. The predicted molar refractivity (Wildman–Crippen MR) is 168 cm³/mol. The summed E-state index contributed by atoms with van der Waals surface area (Å²) in [6.45, 7) is 0.108. The van der Waals surface area contributed by atoms with Crippen molar-refractivity contribution in [3.8, 4) is 5.75 Å². The molecule has 0 spiro atoms. The Morgan fingerprint density at radius 1 is 0.939 bits per heavy atom. The lowest BCUT2D eigenvalue weighted by molar-refractivity contribution is -0.147. The molecule has 19 heteroatoms. The fourth-order valence-corrected chi connectivity index (χ4v) is 5.59. The van der Waals surface area contributed by atoms with E-state index in [-0.39, 0.29) is 31.7 Å². The largest absolute Gasteiger partial charge is 0.508 e. The van der Waals surface area contributed by atoms with Crippen LogP contribution in [0.15, 0.2) is 24.3 Å². The van der Waals surface area contributed by atoms with Crippen molar-refractivity contribution in [3.63, 3.8) is 0 Å². The molecule has 268 valence electrons. The molecule has 0 aromatic heterocycles. The number of β-amino-alcohol motifs (C(OH)–C–C–N with tert-alkyl or cyclic N) is 1. The Kier molecular flexibility index (Phi) is 13.4. The maximum absolute atomic E-state index is 13.6. The standard InChI is InChI=1S/C30H42N8O11/c1-15(26(45)36-20(11-25(43)44)27(46)33-12-23(32)41)35-24(42)13-34-28(47)22-10-18(40)14-38(22)30(49)21-3-2-8-37(21)29(48)19(31)9-16-4-6-17(39)7-5-16/h4-7,15,18-22,39-40H,2-3,8-14,31H2,1H3,(H2,32,41)(H,33,46)(H,34,47)(H,35,42)(H,36,45)(H,43,44)/t15-,18+,19-,20-,21-,22-/m0/s1. The third kappa shape index (κ3) is 10.9. The van der Waals surface area contributed by atoms with E-state index in [1.165, 1.54) is 28.9 Å². The summed E-state index contributed by atoms with van der Waals surface area (Å²) < 4.78 is 0. The molecule has 7 amide bonds. The first-order valence-electron chi connectivity index (χ1n) is 15.5. The van der Waals surface area contributed by atoms with Gasteiger partial charge in [0.2, 0.25) is 41.4 Å². The van der Waals surface area contributed by atoms with Crippen molar-refractivity contribution in [2.75, 3.05) is 26.2 Å². The van der Waals surface area contributed by atoms with E-state index < -0.39 is 103 Å². The molecule has 19 nitrogen and oxygen atoms in total. The minimum Gasteiger partial charge on any atom is -0.508 e. The number of nitrogens with one attached hydrogen (secondary N) is 4. The van der Waals surface area contributed by atoms with Gasteiger partial charge in [-0.25, -0.2) is 0 Å². The van der Waals surface area contributed by atoms with Gasteiger partial charge in [0.15, 0.2) is 0 Å². The van der Waals surface area contributed by atoms with Crippen molar-refractivity contribution in [2.24, 2.45) is 11.5 Å². The fourth-order valence-electron chi connectivity index (χ4n) is 5.59. The third-order valence-corrected chi connectivity index (χ3v) is 8.04. The average Bonchev–Trinajstić information content (AvgIpc) is 3.69. The number of phenols is 1.